The second kappa shape index (κ2) is 9.86. The topological polar surface area (TPSA) is 78.9 Å². The van der Waals surface area contributed by atoms with Crippen molar-refractivity contribution in [3.63, 3.8) is 0 Å². The molecule has 6 aliphatic carbocycles. The summed E-state index contributed by atoms with van der Waals surface area (Å²) in [4.78, 5) is 36.0. The van der Waals surface area contributed by atoms with Crippen molar-refractivity contribution in [3.05, 3.63) is 0 Å². The molecular weight excluding hydrogens is 468 g/mol. The number of hydrogen-bond acceptors (Lipinski definition) is 6. The molecule has 0 amide bonds. The second-order valence-corrected chi connectivity index (χ2v) is 13.9. The molecular formula is C31H48O6. The largest absolute Gasteiger partial charge is 0.459 e. The van der Waals surface area contributed by atoms with Crippen LogP contribution in [0.4, 0.5) is 0 Å². The first-order valence-corrected chi connectivity index (χ1v) is 15.2. The highest BCUT2D eigenvalue weighted by molar-refractivity contribution is 5.78. The number of carbonyl (C=O) groups is 3. The van der Waals surface area contributed by atoms with Crippen LogP contribution in [-0.4, -0.2) is 35.7 Å². The maximum Gasteiger partial charge on any atom is 0.311 e. The van der Waals surface area contributed by atoms with Gasteiger partial charge in [0.15, 0.2) is 0 Å². The van der Waals surface area contributed by atoms with E-state index in [4.69, 9.17) is 14.2 Å². The predicted molar refractivity (Wildman–Crippen MR) is 139 cm³/mol. The average Bonchev–Trinajstić information content (AvgIpc) is 3.48. The minimum Gasteiger partial charge on any atom is -0.459 e. The molecule has 1 heterocycles. The number of rotatable bonds is 7. The van der Waals surface area contributed by atoms with E-state index >= 15 is 0 Å². The van der Waals surface area contributed by atoms with E-state index in [0.717, 1.165) is 56.3 Å². The van der Waals surface area contributed by atoms with E-state index in [0.29, 0.717) is 17.8 Å². The third kappa shape index (κ3) is 4.62. The molecule has 7 fully saturated rings. The molecule has 0 spiro atoms. The Morgan fingerprint density at radius 3 is 2.30 bits per heavy atom. The van der Waals surface area contributed by atoms with Gasteiger partial charge in [-0.25, -0.2) is 0 Å². The molecule has 37 heavy (non-hydrogen) atoms. The van der Waals surface area contributed by atoms with Gasteiger partial charge in [-0.05, 0) is 95.8 Å². The van der Waals surface area contributed by atoms with E-state index in [1.807, 2.05) is 27.7 Å². The summed E-state index contributed by atoms with van der Waals surface area (Å²) in [6.45, 7) is 12.1. The molecule has 9 atom stereocenters. The Morgan fingerprint density at radius 2 is 1.70 bits per heavy atom. The summed E-state index contributed by atoms with van der Waals surface area (Å²) >= 11 is 0. The summed E-state index contributed by atoms with van der Waals surface area (Å²) < 4.78 is 17.2. The summed E-state index contributed by atoms with van der Waals surface area (Å²) in [6.07, 6.45) is 10.8. The third-order valence-electron chi connectivity index (χ3n) is 11.3. The van der Waals surface area contributed by atoms with Crippen LogP contribution in [0.2, 0.25) is 0 Å². The van der Waals surface area contributed by atoms with Crippen molar-refractivity contribution in [2.45, 2.75) is 124 Å². The fourth-order valence-electron chi connectivity index (χ4n) is 8.90. The van der Waals surface area contributed by atoms with Crippen molar-refractivity contribution in [3.8, 4) is 0 Å². The Balaban J connectivity index is 0.000000152. The fraction of sp³-hybridized carbons (Fsp3) is 0.903. The zero-order chi connectivity index (χ0) is 26.7. The summed E-state index contributed by atoms with van der Waals surface area (Å²) in [5, 5.41) is 0. The molecule has 0 N–H and O–H groups in total. The molecule has 6 saturated carbocycles. The van der Waals surface area contributed by atoms with Crippen molar-refractivity contribution in [2.75, 3.05) is 0 Å². The molecule has 0 aromatic rings. The lowest BCUT2D eigenvalue weighted by Gasteiger charge is -2.60. The zero-order valence-electron chi connectivity index (χ0n) is 23.8. The Kier molecular flexibility index (Phi) is 7.19. The first-order valence-electron chi connectivity index (χ1n) is 15.2. The molecule has 6 heteroatoms. The molecule has 208 valence electrons. The Bertz CT molecular complexity index is 895. The Hall–Kier alpha value is -1.59. The highest BCUT2D eigenvalue weighted by atomic mass is 16.6. The number of carbonyl (C=O) groups excluding carboxylic acids is 3. The number of hydrogen-bond donors (Lipinski definition) is 0. The van der Waals surface area contributed by atoms with Crippen LogP contribution in [0.1, 0.15) is 106 Å². The highest BCUT2D eigenvalue weighted by Crippen LogP contribution is 2.61. The smallest absolute Gasteiger partial charge is 0.311 e. The second-order valence-electron chi connectivity index (χ2n) is 13.9. The zero-order valence-corrected chi connectivity index (χ0v) is 23.8. The lowest BCUT2D eigenvalue weighted by molar-refractivity contribution is -0.212. The third-order valence-corrected chi connectivity index (χ3v) is 11.3. The molecule has 0 aromatic heterocycles. The summed E-state index contributed by atoms with van der Waals surface area (Å²) in [5.74, 6) is 3.72. The predicted octanol–water partition coefficient (Wildman–Crippen LogP) is 6.10. The van der Waals surface area contributed by atoms with E-state index in [1.165, 1.54) is 25.7 Å². The van der Waals surface area contributed by atoms with Gasteiger partial charge >= 0.3 is 17.9 Å². The number of esters is 3. The molecule has 1 saturated heterocycles. The van der Waals surface area contributed by atoms with Gasteiger partial charge in [-0.15, -0.1) is 0 Å². The minimum absolute atomic E-state index is 0.0582. The van der Waals surface area contributed by atoms with Crippen LogP contribution in [0.25, 0.3) is 0 Å². The van der Waals surface area contributed by atoms with Crippen molar-refractivity contribution in [1.82, 2.24) is 0 Å². The molecule has 0 aromatic carbocycles. The van der Waals surface area contributed by atoms with E-state index in [1.54, 1.807) is 0 Å². The van der Waals surface area contributed by atoms with Gasteiger partial charge in [-0.3, -0.25) is 14.4 Å². The first-order chi connectivity index (χ1) is 17.5. The van der Waals surface area contributed by atoms with Crippen LogP contribution in [0, 0.1) is 52.8 Å². The number of fused-ring (bicyclic) bond motifs is 1. The molecule has 6 bridgehead atoms. The lowest BCUT2D eigenvalue weighted by atomic mass is 9.49. The van der Waals surface area contributed by atoms with Gasteiger partial charge in [-0.1, -0.05) is 27.7 Å². The standard InChI is InChI=1S/C17H28O2.C14H20O4/c1-4-11(3)16(18)19-17-9-12-6-13(10-17)8-14(7-12)15(17)5-2;1-4-14(2,3)13(16)18-10-7-5-8-9(6-7)12(15)17-11(8)10/h11-15H,4-10H2,1-3H3;7-11H,4-6H2,1-3H3. The molecule has 7 aliphatic rings. The van der Waals surface area contributed by atoms with E-state index in [9.17, 15) is 14.4 Å². The summed E-state index contributed by atoms with van der Waals surface area (Å²) in [6, 6.07) is 0. The molecule has 0 radical (unpaired) electrons. The number of ether oxygens (including phenoxy) is 3. The van der Waals surface area contributed by atoms with Gasteiger partial charge in [0.25, 0.3) is 0 Å². The van der Waals surface area contributed by atoms with Gasteiger partial charge < -0.3 is 14.2 Å². The normalized spacial score (nSPS) is 43.2. The van der Waals surface area contributed by atoms with Crippen LogP contribution in [0.5, 0.6) is 0 Å². The van der Waals surface area contributed by atoms with Crippen molar-refractivity contribution in [1.29, 1.82) is 0 Å². The van der Waals surface area contributed by atoms with E-state index in [-0.39, 0.29) is 47.6 Å². The van der Waals surface area contributed by atoms with Gasteiger partial charge in [-0.2, -0.15) is 0 Å². The average molecular weight is 517 g/mol. The molecule has 7 rings (SSSR count). The van der Waals surface area contributed by atoms with E-state index in [2.05, 4.69) is 13.8 Å². The van der Waals surface area contributed by atoms with Crippen LogP contribution >= 0.6 is 0 Å². The molecule has 9 unspecified atom stereocenters. The van der Waals surface area contributed by atoms with Crippen LogP contribution < -0.4 is 0 Å². The van der Waals surface area contributed by atoms with Crippen molar-refractivity contribution < 1.29 is 28.6 Å². The lowest BCUT2D eigenvalue weighted by Crippen LogP contribution is -2.59. The molecule has 1 aliphatic heterocycles. The fourth-order valence-corrected chi connectivity index (χ4v) is 8.90. The monoisotopic (exact) mass is 516 g/mol. The SMILES string of the molecule is CCC(C)(C)C(=O)OC1C2CC3C(=O)OC1C3C2.CCC(C)C(=O)OC12CC3CC(CC(C3)C1CC)C2. The van der Waals surface area contributed by atoms with E-state index < -0.39 is 5.41 Å². The van der Waals surface area contributed by atoms with Gasteiger partial charge in [0.1, 0.15) is 17.8 Å². The highest BCUT2D eigenvalue weighted by Gasteiger charge is 2.63. The maximum absolute atomic E-state index is 12.3. The first kappa shape index (κ1) is 27.0. The minimum atomic E-state index is -0.455. The Morgan fingerprint density at radius 1 is 1.03 bits per heavy atom. The van der Waals surface area contributed by atoms with Gasteiger partial charge in [0.05, 0.1) is 17.3 Å². The van der Waals surface area contributed by atoms with Gasteiger partial charge in [0, 0.05) is 17.8 Å². The van der Waals surface area contributed by atoms with Crippen molar-refractivity contribution in [2.24, 2.45) is 52.8 Å². The summed E-state index contributed by atoms with van der Waals surface area (Å²) in [5.41, 5.74) is -0.534. The summed E-state index contributed by atoms with van der Waals surface area (Å²) in [7, 11) is 0. The van der Waals surface area contributed by atoms with Crippen LogP contribution in [0.15, 0.2) is 0 Å². The van der Waals surface area contributed by atoms with Crippen LogP contribution in [0.3, 0.4) is 0 Å². The van der Waals surface area contributed by atoms with Crippen LogP contribution in [-0.2, 0) is 28.6 Å². The van der Waals surface area contributed by atoms with Gasteiger partial charge in [0.2, 0.25) is 0 Å². The Labute approximate surface area is 222 Å². The molecule has 6 nitrogen and oxygen atoms in total. The quantitative estimate of drug-likeness (QED) is 0.301. The maximum atomic E-state index is 12.3. The van der Waals surface area contributed by atoms with Crippen molar-refractivity contribution >= 4 is 17.9 Å².